The van der Waals surface area contributed by atoms with E-state index in [0.29, 0.717) is 6.04 Å². The maximum atomic E-state index is 4.28. The summed E-state index contributed by atoms with van der Waals surface area (Å²) in [6.45, 7) is 0.870. The van der Waals surface area contributed by atoms with E-state index in [1.54, 1.807) is 0 Å². The van der Waals surface area contributed by atoms with Gasteiger partial charge >= 0.3 is 0 Å². The van der Waals surface area contributed by atoms with Gasteiger partial charge in [-0.2, -0.15) is 0 Å². The SMILES string of the molecule is c1cc2c(cc1NCc1cncn1C1CC1)CCC2. The first kappa shape index (κ1) is 11.1. The second-order valence-electron chi connectivity index (χ2n) is 5.71. The van der Waals surface area contributed by atoms with Gasteiger partial charge in [0.25, 0.3) is 0 Å². The molecule has 0 amide bonds. The second kappa shape index (κ2) is 4.41. The van der Waals surface area contributed by atoms with Gasteiger partial charge in [0.05, 0.1) is 18.6 Å². The Balaban J connectivity index is 1.48. The van der Waals surface area contributed by atoms with Crippen LogP contribution < -0.4 is 5.32 Å². The van der Waals surface area contributed by atoms with Crippen LogP contribution >= 0.6 is 0 Å². The Morgan fingerprint density at radius 1 is 1.21 bits per heavy atom. The number of anilines is 1. The van der Waals surface area contributed by atoms with Gasteiger partial charge in [0, 0.05) is 17.9 Å². The topological polar surface area (TPSA) is 29.9 Å². The minimum absolute atomic E-state index is 0.708. The number of imidazole rings is 1. The molecule has 3 heteroatoms. The summed E-state index contributed by atoms with van der Waals surface area (Å²) in [7, 11) is 0. The molecule has 4 rings (SSSR count). The van der Waals surface area contributed by atoms with Gasteiger partial charge in [0.1, 0.15) is 0 Å². The van der Waals surface area contributed by atoms with Gasteiger partial charge in [0.2, 0.25) is 0 Å². The van der Waals surface area contributed by atoms with Crippen molar-refractivity contribution in [3.63, 3.8) is 0 Å². The van der Waals surface area contributed by atoms with Crippen molar-refractivity contribution in [2.75, 3.05) is 5.32 Å². The van der Waals surface area contributed by atoms with E-state index in [1.807, 2.05) is 12.5 Å². The zero-order valence-electron chi connectivity index (χ0n) is 11.1. The molecule has 0 unspecified atom stereocenters. The van der Waals surface area contributed by atoms with Crippen molar-refractivity contribution in [1.82, 2.24) is 9.55 Å². The highest BCUT2D eigenvalue weighted by atomic mass is 15.1. The molecule has 2 aromatic rings. The number of fused-ring (bicyclic) bond motifs is 1. The number of nitrogens with one attached hydrogen (secondary N) is 1. The Hall–Kier alpha value is -1.77. The van der Waals surface area contributed by atoms with Crippen LogP contribution in [0.4, 0.5) is 5.69 Å². The molecule has 2 aliphatic carbocycles. The largest absolute Gasteiger partial charge is 0.379 e. The maximum Gasteiger partial charge on any atom is 0.0951 e. The Morgan fingerprint density at radius 2 is 2.11 bits per heavy atom. The second-order valence-corrected chi connectivity index (χ2v) is 5.71. The number of rotatable bonds is 4. The molecule has 0 saturated heterocycles. The molecule has 3 nitrogen and oxygen atoms in total. The van der Waals surface area contributed by atoms with Crippen LogP contribution in [0.25, 0.3) is 0 Å². The third-order valence-electron chi connectivity index (χ3n) is 4.26. The quantitative estimate of drug-likeness (QED) is 0.906. The van der Waals surface area contributed by atoms with Crippen LogP contribution in [0.2, 0.25) is 0 Å². The number of benzene rings is 1. The van der Waals surface area contributed by atoms with Gasteiger partial charge in [-0.05, 0) is 55.4 Å². The highest BCUT2D eigenvalue weighted by Crippen LogP contribution is 2.35. The fraction of sp³-hybridized carbons (Fsp3) is 0.438. The van der Waals surface area contributed by atoms with E-state index in [1.165, 1.54) is 54.6 Å². The van der Waals surface area contributed by atoms with Gasteiger partial charge in [0.15, 0.2) is 0 Å². The highest BCUT2D eigenvalue weighted by Gasteiger charge is 2.24. The molecular weight excluding hydrogens is 234 g/mol. The van der Waals surface area contributed by atoms with Crippen LogP contribution in [-0.4, -0.2) is 9.55 Å². The van der Waals surface area contributed by atoms with Crippen molar-refractivity contribution in [1.29, 1.82) is 0 Å². The summed E-state index contributed by atoms with van der Waals surface area (Å²) in [5.74, 6) is 0. The third-order valence-corrected chi connectivity index (χ3v) is 4.26. The van der Waals surface area contributed by atoms with Crippen LogP contribution in [0.5, 0.6) is 0 Å². The predicted octanol–water partition coefficient (Wildman–Crippen LogP) is 3.32. The van der Waals surface area contributed by atoms with Gasteiger partial charge in [-0.3, -0.25) is 0 Å². The van der Waals surface area contributed by atoms with Crippen molar-refractivity contribution in [2.45, 2.75) is 44.7 Å². The van der Waals surface area contributed by atoms with Gasteiger partial charge in [-0.15, -0.1) is 0 Å². The molecule has 0 spiro atoms. The fourth-order valence-corrected chi connectivity index (χ4v) is 3.02. The average Bonchev–Trinajstić information content (AvgIpc) is 3.00. The number of hydrogen-bond donors (Lipinski definition) is 1. The minimum atomic E-state index is 0.708. The summed E-state index contributed by atoms with van der Waals surface area (Å²) < 4.78 is 2.32. The zero-order valence-corrected chi connectivity index (χ0v) is 11.1. The first-order valence-electron chi connectivity index (χ1n) is 7.26. The molecule has 1 N–H and O–H groups in total. The van der Waals surface area contributed by atoms with E-state index in [2.05, 4.69) is 33.1 Å². The molecular formula is C16H19N3. The standard InChI is InChI=1S/C16H19N3/c1-2-12-4-5-14(8-13(12)3-1)18-10-16-9-17-11-19(16)15-6-7-15/h4-5,8-9,11,15,18H,1-3,6-7,10H2. The average molecular weight is 253 g/mol. The molecule has 1 heterocycles. The van der Waals surface area contributed by atoms with E-state index in [0.717, 1.165) is 6.54 Å². The molecule has 0 atom stereocenters. The highest BCUT2D eigenvalue weighted by molar-refractivity contribution is 5.50. The lowest BCUT2D eigenvalue weighted by molar-refractivity contribution is 0.701. The predicted molar refractivity (Wildman–Crippen MR) is 76.3 cm³/mol. The van der Waals surface area contributed by atoms with Crippen LogP contribution in [-0.2, 0) is 19.4 Å². The van der Waals surface area contributed by atoms with Crippen LogP contribution in [0.1, 0.15) is 42.1 Å². The molecule has 0 radical (unpaired) electrons. The normalized spacial score (nSPS) is 17.5. The van der Waals surface area contributed by atoms with Gasteiger partial charge in [-0.25, -0.2) is 4.98 Å². The lowest BCUT2D eigenvalue weighted by atomic mass is 10.1. The van der Waals surface area contributed by atoms with Crippen molar-refractivity contribution < 1.29 is 0 Å². The summed E-state index contributed by atoms with van der Waals surface area (Å²) in [6, 6.07) is 7.52. The molecule has 1 saturated carbocycles. The summed E-state index contributed by atoms with van der Waals surface area (Å²) in [5, 5.41) is 3.54. The van der Waals surface area contributed by atoms with Crippen LogP contribution in [0.3, 0.4) is 0 Å². The summed E-state index contributed by atoms with van der Waals surface area (Å²) in [4.78, 5) is 4.28. The van der Waals surface area contributed by atoms with Crippen LogP contribution in [0, 0.1) is 0 Å². The third kappa shape index (κ3) is 2.14. The van der Waals surface area contributed by atoms with Crippen molar-refractivity contribution in [2.24, 2.45) is 0 Å². The van der Waals surface area contributed by atoms with E-state index < -0.39 is 0 Å². The number of aryl methyl sites for hydroxylation is 2. The minimum Gasteiger partial charge on any atom is -0.379 e. The molecule has 1 aromatic carbocycles. The van der Waals surface area contributed by atoms with Crippen molar-refractivity contribution in [3.8, 4) is 0 Å². The Bertz CT molecular complexity index is 596. The summed E-state index contributed by atoms with van der Waals surface area (Å²) in [5.41, 5.74) is 5.60. The first-order valence-corrected chi connectivity index (χ1v) is 7.26. The zero-order chi connectivity index (χ0) is 12.7. The van der Waals surface area contributed by atoms with Gasteiger partial charge in [-0.1, -0.05) is 6.07 Å². The lowest BCUT2D eigenvalue weighted by Gasteiger charge is -2.10. The molecule has 0 bridgehead atoms. The van der Waals surface area contributed by atoms with E-state index in [4.69, 9.17) is 0 Å². The van der Waals surface area contributed by atoms with Crippen molar-refractivity contribution in [3.05, 3.63) is 47.5 Å². The smallest absolute Gasteiger partial charge is 0.0951 e. The van der Waals surface area contributed by atoms with E-state index in [9.17, 15) is 0 Å². The van der Waals surface area contributed by atoms with E-state index in [-0.39, 0.29) is 0 Å². The lowest BCUT2D eigenvalue weighted by Crippen LogP contribution is -2.06. The summed E-state index contributed by atoms with van der Waals surface area (Å²) in [6.07, 6.45) is 10.4. The van der Waals surface area contributed by atoms with Gasteiger partial charge < -0.3 is 9.88 Å². The Labute approximate surface area is 113 Å². The molecule has 0 aliphatic heterocycles. The number of hydrogen-bond acceptors (Lipinski definition) is 2. The maximum absolute atomic E-state index is 4.28. The molecule has 2 aliphatic rings. The number of aromatic nitrogens is 2. The van der Waals surface area contributed by atoms with Crippen LogP contribution in [0.15, 0.2) is 30.7 Å². The molecule has 1 aromatic heterocycles. The molecule has 19 heavy (non-hydrogen) atoms. The first-order chi connectivity index (χ1) is 9.40. The molecule has 1 fully saturated rings. The monoisotopic (exact) mass is 253 g/mol. The van der Waals surface area contributed by atoms with Crippen molar-refractivity contribution >= 4 is 5.69 Å². The number of nitrogens with zero attached hydrogens (tertiary/aromatic N) is 2. The molecule has 98 valence electrons. The Kier molecular flexibility index (Phi) is 2.57. The fourth-order valence-electron chi connectivity index (χ4n) is 3.02. The van der Waals surface area contributed by atoms with E-state index >= 15 is 0 Å². The summed E-state index contributed by atoms with van der Waals surface area (Å²) >= 11 is 0. The Morgan fingerprint density at radius 3 is 3.00 bits per heavy atom.